The Hall–Kier alpha value is -2.08. The number of hydrogen-bond donors (Lipinski definition) is 1. The molecule has 6 heteroatoms. The third-order valence-electron chi connectivity index (χ3n) is 3.01. The maximum atomic E-state index is 5.31. The second kappa shape index (κ2) is 5.13. The van der Waals surface area contributed by atoms with Crippen molar-refractivity contribution in [1.82, 2.24) is 15.0 Å². The average Bonchev–Trinajstić information content (AvgIpc) is 2.87. The van der Waals surface area contributed by atoms with Crippen LogP contribution in [0.3, 0.4) is 0 Å². The van der Waals surface area contributed by atoms with Crippen LogP contribution in [0, 0.1) is 0 Å². The summed E-state index contributed by atoms with van der Waals surface area (Å²) in [6.45, 7) is 0. The number of fused-ring (bicyclic) bond motifs is 1. The van der Waals surface area contributed by atoms with Crippen LogP contribution >= 0.6 is 15.9 Å². The SMILES string of the molecule is COc1ccc(-c2cnc3[nH]cc(Br)c3n2)cc1OC. The number of nitrogens with zero attached hydrogens (tertiary/aromatic N) is 2. The third-order valence-corrected chi connectivity index (χ3v) is 3.62. The molecule has 1 N–H and O–H groups in total. The van der Waals surface area contributed by atoms with Gasteiger partial charge in [-0.1, -0.05) is 0 Å². The van der Waals surface area contributed by atoms with Crippen molar-refractivity contribution >= 4 is 27.1 Å². The Balaban J connectivity index is 2.12. The number of hydrogen-bond acceptors (Lipinski definition) is 4. The first kappa shape index (κ1) is 12.9. The molecule has 102 valence electrons. The van der Waals surface area contributed by atoms with Crippen molar-refractivity contribution in [1.29, 1.82) is 0 Å². The van der Waals surface area contributed by atoms with E-state index in [1.54, 1.807) is 20.4 Å². The largest absolute Gasteiger partial charge is 0.493 e. The van der Waals surface area contributed by atoms with Crippen molar-refractivity contribution in [2.75, 3.05) is 14.2 Å². The molecule has 0 aliphatic rings. The van der Waals surface area contributed by atoms with Gasteiger partial charge in [-0.3, -0.25) is 0 Å². The number of halogens is 1. The normalized spacial score (nSPS) is 10.8. The highest BCUT2D eigenvalue weighted by Crippen LogP contribution is 2.32. The summed E-state index contributed by atoms with van der Waals surface area (Å²) in [5, 5.41) is 0. The number of nitrogens with one attached hydrogen (secondary N) is 1. The van der Waals surface area contributed by atoms with Crippen LogP contribution in [0.2, 0.25) is 0 Å². The predicted molar refractivity (Wildman–Crippen MR) is 80.1 cm³/mol. The number of aromatic amines is 1. The van der Waals surface area contributed by atoms with Crippen LogP contribution in [0.4, 0.5) is 0 Å². The van der Waals surface area contributed by atoms with E-state index in [1.165, 1.54) is 0 Å². The summed E-state index contributed by atoms with van der Waals surface area (Å²) in [5.74, 6) is 1.35. The van der Waals surface area contributed by atoms with E-state index in [2.05, 4.69) is 30.9 Å². The molecule has 5 nitrogen and oxygen atoms in total. The summed E-state index contributed by atoms with van der Waals surface area (Å²) in [5.41, 5.74) is 3.25. The Bertz CT molecular complexity index is 770. The van der Waals surface area contributed by atoms with Gasteiger partial charge in [-0.2, -0.15) is 0 Å². The van der Waals surface area contributed by atoms with Gasteiger partial charge in [0.2, 0.25) is 0 Å². The zero-order valence-electron chi connectivity index (χ0n) is 11.0. The van der Waals surface area contributed by atoms with Gasteiger partial charge in [0.25, 0.3) is 0 Å². The minimum absolute atomic E-state index is 0.667. The Labute approximate surface area is 124 Å². The molecule has 0 fully saturated rings. The van der Waals surface area contributed by atoms with E-state index in [9.17, 15) is 0 Å². The van der Waals surface area contributed by atoms with Crippen LogP contribution in [0.1, 0.15) is 0 Å². The molecule has 0 saturated heterocycles. The molecule has 2 heterocycles. The van der Waals surface area contributed by atoms with Crippen LogP contribution in [-0.4, -0.2) is 29.2 Å². The molecule has 0 bridgehead atoms. The van der Waals surface area contributed by atoms with Crippen molar-refractivity contribution in [2.45, 2.75) is 0 Å². The lowest BCUT2D eigenvalue weighted by molar-refractivity contribution is 0.355. The van der Waals surface area contributed by atoms with Gasteiger partial charge < -0.3 is 14.5 Å². The van der Waals surface area contributed by atoms with Gasteiger partial charge in [0, 0.05) is 11.8 Å². The maximum absolute atomic E-state index is 5.31. The zero-order valence-corrected chi connectivity index (χ0v) is 12.6. The Morgan fingerprint density at radius 2 is 1.95 bits per heavy atom. The van der Waals surface area contributed by atoms with E-state index in [-0.39, 0.29) is 0 Å². The summed E-state index contributed by atoms with van der Waals surface area (Å²) in [6.07, 6.45) is 3.55. The molecule has 0 atom stereocenters. The maximum Gasteiger partial charge on any atom is 0.161 e. The fourth-order valence-electron chi connectivity index (χ4n) is 2.00. The Morgan fingerprint density at radius 1 is 1.15 bits per heavy atom. The van der Waals surface area contributed by atoms with Crippen LogP contribution in [0.25, 0.3) is 22.4 Å². The van der Waals surface area contributed by atoms with Crippen molar-refractivity contribution in [3.63, 3.8) is 0 Å². The molecule has 0 spiro atoms. The highest BCUT2D eigenvalue weighted by molar-refractivity contribution is 9.10. The topological polar surface area (TPSA) is 60.0 Å². The molecule has 2 aromatic heterocycles. The molecule has 0 saturated carbocycles. The van der Waals surface area contributed by atoms with Crippen LogP contribution < -0.4 is 9.47 Å². The van der Waals surface area contributed by atoms with E-state index in [0.29, 0.717) is 11.5 Å². The van der Waals surface area contributed by atoms with Crippen LogP contribution in [0.15, 0.2) is 35.1 Å². The summed E-state index contributed by atoms with van der Waals surface area (Å²) in [6, 6.07) is 5.67. The lowest BCUT2D eigenvalue weighted by Crippen LogP contribution is -1.92. The van der Waals surface area contributed by atoms with Gasteiger partial charge in [0.05, 0.1) is 30.6 Å². The van der Waals surface area contributed by atoms with E-state index < -0.39 is 0 Å². The fraction of sp³-hybridized carbons (Fsp3) is 0.143. The standard InChI is InChI=1S/C14H12BrN3O2/c1-19-11-4-3-8(5-12(11)20-2)10-7-17-14-13(18-10)9(15)6-16-14/h3-7H,1-2H3,(H,16,17). The number of benzene rings is 1. The van der Waals surface area contributed by atoms with Gasteiger partial charge in [0.15, 0.2) is 17.1 Å². The molecule has 0 unspecified atom stereocenters. The third kappa shape index (κ3) is 2.12. The quantitative estimate of drug-likeness (QED) is 0.797. The number of H-pyrrole nitrogens is 1. The second-order valence-corrected chi connectivity index (χ2v) is 5.01. The lowest BCUT2D eigenvalue weighted by Gasteiger charge is -2.09. The molecule has 0 radical (unpaired) electrons. The summed E-state index contributed by atoms with van der Waals surface area (Å²) in [4.78, 5) is 12.0. The number of aromatic nitrogens is 3. The van der Waals surface area contributed by atoms with Gasteiger partial charge >= 0.3 is 0 Å². The van der Waals surface area contributed by atoms with Gasteiger partial charge in [-0.05, 0) is 34.1 Å². The zero-order chi connectivity index (χ0) is 14.1. The van der Waals surface area contributed by atoms with Gasteiger partial charge in [-0.25, -0.2) is 9.97 Å². The van der Waals surface area contributed by atoms with Crippen LogP contribution in [-0.2, 0) is 0 Å². The molecule has 1 aromatic carbocycles. The second-order valence-electron chi connectivity index (χ2n) is 4.16. The Morgan fingerprint density at radius 3 is 2.70 bits per heavy atom. The first-order chi connectivity index (χ1) is 9.72. The predicted octanol–water partition coefficient (Wildman–Crippen LogP) is 3.40. The van der Waals surface area contributed by atoms with E-state index in [0.717, 1.165) is 26.9 Å². The minimum atomic E-state index is 0.667. The van der Waals surface area contributed by atoms with Crippen LogP contribution in [0.5, 0.6) is 11.5 Å². The van der Waals surface area contributed by atoms with Crippen molar-refractivity contribution in [2.24, 2.45) is 0 Å². The highest BCUT2D eigenvalue weighted by Gasteiger charge is 2.10. The molecule has 0 aliphatic heterocycles. The van der Waals surface area contributed by atoms with Crippen molar-refractivity contribution < 1.29 is 9.47 Å². The molecular formula is C14H12BrN3O2. The first-order valence-electron chi connectivity index (χ1n) is 5.95. The number of rotatable bonds is 3. The monoisotopic (exact) mass is 333 g/mol. The Kier molecular flexibility index (Phi) is 3.31. The highest BCUT2D eigenvalue weighted by atomic mass is 79.9. The summed E-state index contributed by atoms with van der Waals surface area (Å²) < 4.78 is 11.4. The molecule has 3 aromatic rings. The molecule has 20 heavy (non-hydrogen) atoms. The van der Waals surface area contributed by atoms with E-state index in [1.807, 2.05) is 24.4 Å². The van der Waals surface area contributed by atoms with Crippen molar-refractivity contribution in [3.05, 3.63) is 35.1 Å². The van der Waals surface area contributed by atoms with Gasteiger partial charge in [0.1, 0.15) is 5.52 Å². The molecule has 0 amide bonds. The van der Waals surface area contributed by atoms with E-state index >= 15 is 0 Å². The van der Waals surface area contributed by atoms with Crippen molar-refractivity contribution in [3.8, 4) is 22.8 Å². The average molecular weight is 334 g/mol. The summed E-state index contributed by atoms with van der Waals surface area (Å²) >= 11 is 3.45. The smallest absolute Gasteiger partial charge is 0.161 e. The number of ether oxygens (including phenoxy) is 2. The first-order valence-corrected chi connectivity index (χ1v) is 6.74. The van der Waals surface area contributed by atoms with Gasteiger partial charge in [-0.15, -0.1) is 0 Å². The molecular weight excluding hydrogens is 322 g/mol. The van der Waals surface area contributed by atoms with E-state index in [4.69, 9.17) is 9.47 Å². The lowest BCUT2D eigenvalue weighted by atomic mass is 10.1. The molecule has 0 aliphatic carbocycles. The molecule has 3 rings (SSSR count). The number of methoxy groups -OCH3 is 2. The fourth-order valence-corrected chi connectivity index (χ4v) is 2.39. The summed E-state index contributed by atoms with van der Waals surface area (Å²) in [7, 11) is 3.22. The minimum Gasteiger partial charge on any atom is -0.493 e.